The van der Waals surface area contributed by atoms with Crippen LogP contribution in [-0.4, -0.2) is 46.6 Å². The Hall–Kier alpha value is -2.62. The zero-order valence-corrected chi connectivity index (χ0v) is 19.0. The maximum atomic E-state index is 13.1. The third-order valence-corrected chi connectivity index (χ3v) is 5.24. The lowest BCUT2D eigenvalue weighted by atomic mass is 10.1. The van der Waals surface area contributed by atoms with Gasteiger partial charge in [-0.25, -0.2) is 14.4 Å². The lowest BCUT2D eigenvalue weighted by molar-refractivity contribution is 0.380. The number of nitrogens with zero attached hydrogens (tertiary/aromatic N) is 5. The largest absolute Gasteiger partial charge is 0.370 e. The molecule has 0 saturated carbocycles. The quantitative estimate of drug-likeness (QED) is 0.319. The number of hydrogen-bond acceptors (Lipinski definition) is 3. The number of aliphatic imine (C=N–C) groups is 1. The molecule has 6 nitrogen and oxygen atoms in total. The Kier molecular flexibility index (Phi) is 7.67. The molecular weight excluding hydrogens is 494 g/mol. The fourth-order valence-electron chi connectivity index (χ4n) is 3.55. The Bertz CT molecular complexity index is 950. The Labute approximate surface area is 193 Å². The summed E-state index contributed by atoms with van der Waals surface area (Å²) in [4.78, 5) is 13.1. The first-order chi connectivity index (χ1) is 14.2. The molecule has 3 aromatic rings. The topological polar surface area (TPSA) is 62.7 Å². The second-order valence-electron chi connectivity index (χ2n) is 7.13. The van der Waals surface area contributed by atoms with E-state index >= 15 is 0 Å². The summed E-state index contributed by atoms with van der Waals surface area (Å²) in [6, 6.07) is 14.9. The first-order valence-corrected chi connectivity index (χ1v) is 9.77. The van der Waals surface area contributed by atoms with E-state index in [0.717, 1.165) is 44.0 Å². The maximum Gasteiger partial charge on any atom is 0.191 e. The van der Waals surface area contributed by atoms with E-state index in [9.17, 15) is 4.39 Å². The van der Waals surface area contributed by atoms with E-state index in [1.165, 1.54) is 17.7 Å². The number of benzene rings is 2. The van der Waals surface area contributed by atoms with Gasteiger partial charge in [0.25, 0.3) is 0 Å². The average molecular weight is 520 g/mol. The highest BCUT2D eigenvalue weighted by atomic mass is 127. The number of guanidine groups is 1. The SMILES string of the molecule is I.NC(=NCc1ccccc1Cn1ccnc1)N1CCN(c2ccc(F)cc2)CC1. The number of aromatic nitrogens is 2. The average Bonchev–Trinajstić information content (AvgIpc) is 3.27. The smallest absolute Gasteiger partial charge is 0.191 e. The van der Waals surface area contributed by atoms with Crippen LogP contribution >= 0.6 is 24.0 Å². The number of imidazole rings is 1. The first-order valence-electron chi connectivity index (χ1n) is 9.77. The number of nitrogens with two attached hydrogens (primary N) is 1. The van der Waals surface area contributed by atoms with E-state index in [1.54, 1.807) is 6.20 Å². The lowest BCUT2D eigenvalue weighted by Gasteiger charge is -2.36. The standard InChI is InChI=1S/C22H25FN6.HI/c23-20-5-7-21(8-6-20)28-11-13-29(14-12-28)22(24)26-15-18-3-1-2-4-19(18)16-27-10-9-25-17-27;/h1-10,17H,11-16H2,(H2,24,26);1H. The number of hydrogen-bond donors (Lipinski definition) is 1. The molecule has 0 bridgehead atoms. The van der Waals surface area contributed by atoms with E-state index in [-0.39, 0.29) is 29.8 Å². The van der Waals surface area contributed by atoms with Crippen molar-refractivity contribution in [1.82, 2.24) is 14.5 Å². The molecule has 1 aliphatic heterocycles. The van der Waals surface area contributed by atoms with Crippen LogP contribution < -0.4 is 10.6 Å². The van der Waals surface area contributed by atoms with Gasteiger partial charge in [-0.3, -0.25) is 0 Å². The van der Waals surface area contributed by atoms with Crippen LogP contribution in [-0.2, 0) is 13.1 Å². The van der Waals surface area contributed by atoms with Crippen molar-refractivity contribution in [3.63, 3.8) is 0 Å². The fourth-order valence-corrected chi connectivity index (χ4v) is 3.55. The number of anilines is 1. The first kappa shape index (κ1) is 22.1. The van der Waals surface area contributed by atoms with Crippen molar-refractivity contribution < 1.29 is 4.39 Å². The Balaban J connectivity index is 0.00000256. The van der Waals surface area contributed by atoms with Crippen molar-refractivity contribution in [3.8, 4) is 0 Å². The van der Waals surface area contributed by atoms with Crippen molar-refractivity contribution in [1.29, 1.82) is 0 Å². The second kappa shape index (κ2) is 10.4. The molecule has 2 N–H and O–H groups in total. The van der Waals surface area contributed by atoms with Crippen molar-refractivity contribution in [3.05, 3.63) is 84.2 Å². The molecule has 2 aromatic carbocycles. The molecule has 1 saturated heterocycles. The summed E-state index contributed by atoms with van der Waals surface area (Å²) >= 11 is 0. The number of piperazine rings is 1. The van der Waals surface area contributed by atoms with Gasteiger partial charge in [-0.15, -0.1) is 24.0 Å². The molecule has 2 heterocycles. The Morgan fingerprint density at radius 1 is 1.00 bits per heavy atom. The zero-order chi connectivity index (χ0) is 20.1. The van der Waals surface area contributed by atoms with Crippen molar-refractivity contribution in [2.75, 3.05) is 31.1 Å². The minimum atomic E-state index is -0.211. The van der Waals surface area contributed by atoms with Crippen LogP contribution in [0.15, 0.2) is 72.2 Å². The summed E-state index contributed by atoms with van der Waals surface area (Å²) in [6.07, 6.45) is 5.55. The van der Waals surface area contributed by atoms with Gasteiger partial charge in [-0.05, 0) is 35.4 Å². The van der Waals surface area contributed by atoms with Gasteiger partial charge in [0.05, 0.1) is 12.9 Å². The van der Waals surface area contributed by atoms with Gasteiger partial charge in [0, 0.05) is 50.8 Å². The number of halogens is 2. The van der Waals surface area contributed by atoms with E-state index in [0.29, 0.717) is 12.5 Å². The molecule has 0 spiro atoms. The molecule has 0 amide bonds. The minimum Gasteiger partial charge on any atom is -0.370 e. The summed E-state index contributed by atoms with van der Waals surface area (Å²) in [7, 11) is 0. The predicted molar refractivity (Wildman–Crippen MR) is 129 cm³/mol. The zero-order valence-electron chi connectivity index (χ0n) is 16.7. The van der Waals surface area contributed by atoms with Gasteiger partial charge in [0.15, 0.2) is 5.96 Å². The molecule has 1 fully saturated rings. The normalized spacial score (nSPS) is 14.5. The van der Waals surface area contributed by atoms with Gasteiger partial charge in [-0.2, -0.15) is 0 Å². The highest BCUT2D eigenvalue weighted by Crippen LogP contribution is 2.17. The van der Waals surface area contributed by atoms with Gasteiger partial charge >= 0.3 is 0 Å². The highest BCUT2D eigenvalue weighted by molar-refractivity contribution is 14.0. The van der Waals surface area contributed by atoms with Crippen LogP contribution in [0.4, 0.5) is 10.1 Å². The molecule has 8 heteroatoms. The second-order valence-corrected chi connectivity index (χ2v) is 7.13. The third kappa shape index (κ3) is 5.50. The van der Waals surface area contributed by atoms with E-state index in [4.69, 9.17) is 5.73 Å². The van der Waals surface area contributed by atoms with Crippen LogP contribution in [0.1, 0.15) is 11.1 Å². The van der Waals surface area contributed by atoms with Gasteiger partial charge < -0.3 is 20.1 Å². The molecule has 0 unspecified atom stereocenters. The predicted octanol–water partition coefficient (Wildman–Crippen LogP) is 3.33. The van der Waals surface area contributed by atoms with E-state index in [2.05, 4.69) is 31.9 Å². The molecule has 1 aliphatic rings. The minimum absolute atomic E-state index is 0. The van der Waals surface area contributed by atoms with Crippen molar-refractivity contribution in [2.24, 2.45) is 10.7 Å². The number of rotatable bonds is 5. The van der Waals surface area contributed by atoms with E-state index < -0.39 is 0 Å². The van der Waals surface area contributed by atoms with Gasteiger partial charge in [0.1, 0.15) is 5.82 Å². The molecule has 0 aliphatic carbocycles. The molecule has 0 radical (unpaired) electrons. The van der Waals surface area contributed by atoms with Crippen LogP contribution in [0, 0.1) is 5.82 Å². The van der Waals surface area contributed by atoms with Gasteiger partial charge in [-0.1, -0.05) is 24.3 Å². The Morgan fingerprint density at radius 2 is 1.70 bits per heavy atom. The summed E-state index contributed by atoms with van der Waals surface area (Å²) in [6.45, 7) is 4.57. The summed E-state index contributed by atoms with van der Waals surface area (Å²) in [5, 5.41) is 0. The third-order valence-electron chi connectivity index (χ3n) is 5.24. The summed E-state index contributed by atoms with van der Waals surface area (Å²) in [5.74, 6) is 0.360. The molecule has 30 heavy (non-hydrogen) atoms. The molecule has 0 atom stereocenters. The monoisotopic (exact) mass is 520 g/mol. The van der Waals surface area contributed by atoms with Crippen LogP contribution in [0.2, 0.25) is 0 Å². The Morgan fingerprint density at radius 3 is 2.37 bits per heavy atom. The highest BCUT2D eigenvalue weighted by Gasteiger charge is 2.18. The molecule has 1 aromatic heterocycles. The van der Waals surface area contributed by atoms with Crippen LogP contribution in [0.5, 0.6) is 0 Å². The van der Waals surface area contributed by atoms with E-state index in [1.807, 2.05) is 41.4 Å². The van der Waals surface area contributed by atoms with Crippen molar-refractivity contribution in [2.45, 2.75) is 13.1 Å². The summed E-state index contributed by atoms with van der Waals surface area (Å²) < 4.78 is 15.2. The summed E-state index contributed by atoms with van der Waals surface area (Å²) in [5.41, 5.74) is 9.69. The lowest BCUT2D eigenvalue weighted by Crippen LogP contribution is -2.51. The molecule has 4 rings (SSSR count). The fraction of sp³-hybridized carbons (Fsp3) is 0.273. The van der Waals surface area contributed by atoms with Crippen LogP contribution in [0.3, 0.4) is 0 Å². The molecule has 158 valence electrons. The van der Waals surface area contributed by atoms with Gasteiger partial charge in [0.2, 0.25) is 0 Å². The van der Waals surface area contributed by atoms with Crippen molar-refractivity contribution >= 4 is 35.6 Å². The molecular formula is C22H26FIN6. The van der Waals surface area contributed by atoms with Crippen LogP contribution in [0.25, 0.3) is 0 Å². The maximum absolute atomic E-state index is 13.1.